The Morgan fingerprint density at radius 1 is 1.32 bits per heavy atom. The highest BCUT2D eigenvalue weighted by atomic mass is 32.1. The van der Waals surface area contributed by atoms with Crippen molar-refractivity contribution in [1.82, 2.24) is 10.3 Å². The molecule has 1 aromatic heterocycles. The minimum Gasteiger partial charge on any atom is -0.496 e. The van der Waals surface area contributed by atoms with Crippen LogP contribution < -0.4 is 15.0 Å². The summed E-state index contributed by atoms with van der Waals surface area (Å²) in [5.74, 6) is 0.171. The SMILES string of the molecule is C=CCN(C(=O)CCNC(=O)c1ccccc1OC)c1nc2c(s1)CCCC2. The van der Waals surface area contributed by atoms with E-state index in [1.54, 1.807) is 46.6 Å². The van der Waals surface area contributed by atoms with Crippen LogP contribution >= 0.6 is 11.3 Å². The Morgan fingerprint density at radius 2 is 2.11 bits per heavy atom. The zero-order valence-electron chi connectivity index (χ0n) is 16.1. The van der Waals surface area contributed by atoms with Crippen LogP contribution in [-0.4, -0.2) is 37.0 Å². The van der Waals surface area contributed by atoms with Crippen LogP contribution in [0.2, 0.25) is 0 Å². The Morgan fingerprint density at radius 3 is 2.86 bits per heavy atom. The minimum atomic E-state index is -0.259. The average Bonchev–Trinajstić information content (AvgIpc) is 3.15. The molecule has 0 aliphatic heterocycles. The fourth-order valence-electron chi connectivity index (χ4n) is 3.21. The third-order valence-corrected chi connectivity index (χ3v) is 5.83. The number of ether oxygens (including phenoxy) is 1. The Labute approximate surface area is 169 Å². The second kappa shape index (κ2) is 9.50. The molecule has 1 aliphatic carbocycles. The second-order valence-electron chi connectivity index (χ2n) is 6.57. The van der Waals surface area contributed by atoms with Gasteiger partial charge in [0.05, 0.1) is 18.4 Å². The summed E-state index contributed by atoms with van der Waals surface area (Å²) in [4.78, 5) is 32.7. The number of rotatable bonds is 8. The van der Waals surface area contributed by atoms with Gasteiger partial charge in [-0.1, -0.05) is 18.2 Å². The van der Waals surface area contributed by atoms with Crippen LogP contribution in [0.4, 0.5) is 5.13 Å². The van der Waals surface area contributed by atoms with E-state index in [1.807, 2.05) is 0 Å². The standard InChI is InChI=1S/C21H25N3O3S/c1-3-14-24(21-23-16-9-5-7-11-18(16)28-21)19(25)12-13-22-20(26)15-8-4-6-10-17(15)27-2/h3-4,6,8,10H,1,5,7,9,11-14H2,2H3,(H,22,26). The largest absolute Gasteiger partial charge is 0.496 e. The van der Waals surface area contributed by atoms with Crippen molar-refractivity contribution in [3.8, 4) is 5.75 Å². The number of methoxy groups -OCH3 is 1. The summed E-state index contributed by atoms with van der Waals surface area (Å²) in [5, 5.41) is 3.52. The molecule has 28 heavy (non-hydrogen) atoms. The van der Waals surface area contributed by atoms with Gasteiger partial charge in [-0.25, -0.2) is 4.98 Å². The lowest BCUT2D eigenvalue weighted by Gasteiger charge is -2.18. The maximum atomic E-state index is 12.8. The molecule has 2 amide bonds. The number of hydrogen-bond donors (Lipinski definition) is 1. The summed E-state index contributed by atoms with van der Waals surface area (Å²) in [6, 6.07) is 7.01. The third kappa shape index (κ3) is 4.59. The zero-order valence-corrected chi connectivity index (χ0v) is 16.9. The van der Waals surface area contributed by atoms with E-state index in [2.05, 4.69) is 16.9 Å². The normalized spacial score (nSPS) is 12.8. The summed E-state index contributed by atoms with van der Waals surface area (Å²) in [5.41, 5.74) is 1.57. The number of hydrogen-bond acceptors (Lipinski definition) is 5. The van der Waals surface area contributed by atoms with Crippen LogP contribution in [0.5, 0.6) is 5.75 Å². The van der Waals surface area contributed by atoms with Crippen molar-refractivity contribution in [2.24, 2.45) is 0 Å². The number of carbonyl (C=O) groups is 2. The van der Waals surface area contributed by atoms with Crippen LogP contribution in [-0.2, 0) is 17.6 Å². The summed E-state index contributed by atoms with van der Waals surface area (Å²) >= 11 is 1.60. The molecule has 148 valence electrons. The highest BCUT2D eigenvalue weighted by Gasteiger charge is 2.22. The first-order valence-electron chi connectivity index (χ1n) is 9.45. The van der Waals surface area contributed by atoms with Crippen molar-refractivity contribution in [3.05, 3.63) is 53.1 Å². The van der Waals surface area contributed by atoms with Crippen molar-refractivity contribution < 1.29 is 14.3 Å². The highest BCUT2D eigenvalue weighted by molar-refractivity contribution is 7.16. The van der Waals surface area contributed by atoms with Gasteiger partial charge < -0.3 is 10.1 Å². The number of fused-ring (bicyclic) bond motifs is 1. The summed E-state index contributed by atoms with van der Waals surface area (Å²) in [6.07, 6.45) is 6.25. The van der Waals surface area contributed by atoms with Crippen molar-refractivity contribution in [2.75, 3.05) is 25.1 Å². The number of nitrogens with one attached hydrogen (secondary N) is 1. The Hall–Kier alpha value is -2.67. The zero-order chi connectivity index (χ0) is 19.9. The predicted molar refractivity (Wildman–Crippen MR) is 111 cm³/mol. The fourth-order valence-corrected chi connectivity index (χ4v) is 4.39. The number of thiazole rings is 1. The molecule has 0 unspecified atom stereocenters. The fraction of sp³-hybridized carbons (Fsp3) is 0.381. The number of nitrogens with zero attached hydrogens (tertiary/aromatic N) is 2. The predicted octanol–water partition coefficient (Wildman–Crippen LogP) is 3.37. The molecule has 0 fully saturated rings. The molecule has 1 heterocycles. The first-order valence-corrected chi connectivity index (χ1v) is 10.3. The van der Waals surface area contributed by atoms with Crippen molar-refractivity contribution in [3.63, 3.8) is 0 Å². The van der Waals surface area contributed by atoms with Crippen LogP contribution in [0.1, 0.15) is 40.2 Å². The number of aryl methyl sites for hydroxylation is 2. The maximum Gasteiger partial charge on any atom is 0.255 e. The van der Waals surface area contributed by atoms with Crippen molar-refractivity contribution in [1.29, 1.82) is 0 Å². The highest BCUT2D eigenvalue weighted by Crippen LogP contribution is 2.32. The van der Waals surface area contributed by atoms with Crippen LogP contribution in [0.3, 0.4) is 0 Å². The van der Waals surface area contributed by atoms with Gasteiger partial charge in [0, 0.05) is 24.4 Å². The number of anilines is 1. The van der Waals surface area contributed by atoms with Crippen LogP contribution in [0.25, 0.3) is 0 Å². The van der Waals surface area contributed by atoms with Crippen molar-refractivity contribution in [2.45, 2.75) is 32.1 Å². The van der Waals surface area contributed by atoms with Gasteiger partial charge in [-0.2, -0.15) is 0 Å². The monoisotopic (exact) mass is 399 g/mol. The number of carbonyl (C=O) groups excluding carboxylic acids is 2. The van der Waals surface area contributed by atoms with E-state index in [9.17, 15) is 9.59 Å². The molecule has 0 radical (unpaired) electrons. The van der Waals surface area contributed by atoms with E-state index in [-0.39, 0.29) is 24.8 Å². The molecular weight excluding hydrogens is 374 g/mol. The molecule has 0 bridgehead atoms. The lowest BCUT2D eigenvalue weighted by molar-refractivity contribution is -0.118. The van der Waals surface area contributed by atoms with Gasteiger partial charge in [0.2, 0.25) is 5.91 Å². The first-order chi connectivity index (χ1) is 13.6. The number of aromatic nitrogens is 1. The van der Waals surface area contributed by atoms with Gasteiger partial charge in [0.25, 0.3) is 5.91 Å². The van der Waals surface area contributed by atoms with E-state index in [4.69, 9.17) is 4.74 Å². The molecule has 1 aromatic carbocycles. The molecule has 7 heteroatoms. The number of benzene rings is 1. The third-order valence-electron chi connectivity index (χ3n) is 4.65. The van der Waals surface area contributed by atoms with Gasteiger partial charge in [0.15, 0.2) is 5.13 Å². The summed E-state index contributed by atoms with van der Waals surface area (Å²) < 4.78 is 5.21. The van der Waals surface area contributed by atoms with Gasteiger partial charge in [-0.15, -0.1) is 17.9 Å². The molecule has 1 aliphatic rings. The lowest BCUT2D eigenvalue weighted by Crippen LogP contribution is -2.34. The molecule has 2 aromatic rings. The van der Waals surface area contributed by atoms with Gasteiger partial charge in [-0.3, -0.25) is 14.5 Å². The van der Waals surface area contributed by atoms with Gasteiger partial charge >= 0.3 is 0 Å². The molecule has 0 atom stereocenters. The maximum absolute atomic E-state index is 12.8. The van der Waals surface area contributed by atoms with E-state index >= 15 is 0 Å². The topological polar surface area (TPSA) is 71.5 Å². The molecule has 6 nitrogen and oxygen atoms in total. The molecule has 0 spiro atoms. The van der Waals surface area contributed by atoms with Crippen molar-refractivity contribution >= 4 is 28.3 Å². The average molecular weight is 400 g/mol. The Balaban J connectivity index is 1.61. The quantitative estimate of drug-likeness (QED) is 0.691. The molecular formula is C21H25N3O3S. The summed E-state index contributed by atoms with van der Waals surface area (Å²) in [7, 11) is 1.52. The van der Waals surface area contributed by atoms with Gasteiger partial charge in [0.1, 0.15) is 5.75 Å². The number of amides is 2. The van der Waals surface area contributed by atoms with Gasteiger partial charge in [-0.05, 0) is 37.8 Å². The molecule has 0 saturated heterocycles. The van der Waals surface area contributed by atoms with E-state index < -0.39 is 0 Å². The van der Waals surface area contributed by atoms with E-state index in [0.29, 0.717) is 17.9 Å². The van der Waals surface area contributed by atoms with Crippen LogP contribution in [0, 0.1) is 0 Å². The minimum absolute atomic E-state index is 0.0775. The number of para-hydroxylation sites is 1. The molecule has 3 rings (SSSR count). The summed E-state index contributed by atoms with van der Waals surface area (Å²) in [6.45, 7) is 4.41. The Bertz CT molecular complexity index is 839. The molecule has 1 N–H and O–H groups in total. The first kappa shape index (κ1) is 20.1. The lowest BCUT2D eigenvalue weighted by atomic mass is 10.0. The smallest absolute Gasteiger partial charge is 0.255 e. The second-order valence-corrected chi connectivity index (χ2v) is 7.63. The van der Waals surface area contributed by atoms with Crippen LogP contribution in [0.15, 0.2) is 36.9 Å². The molecule has 0 saturated carbocycles. The Kier molecular flexibility index (Phi) is 6.81. The van der Waals surface area contributed by atoms with E-state index in [0.717, 1.165) is 30.1 Å². The van der Waals surface area contributed by atoms with E-state index in [1.165, 1.54) is 18.4 Å².